The molecule has 1 amide bonds. The Hall–Kier alpha value is -3.32. The lowest BCUT2D eigenvalue weighted by molar-refractivity contribution is -0.120. The summed E-state index contributed by atoms with van der Waals surface area (Å²) in [5, 5.41) is 3.09. The first kappa shape index (κ1) is 24.8. The van der Waals surface area contributed by atoms with E-state index in [1.807, 2.05) is 51.1 Å². The average Bonchev–Trinajstić information content (AvgIpc) is 2.84. The molecular formula is C28H32N2O4S. The van der Waals surface area contributed by atoms with Gasteiger partial charge in [-0.1, -0.05) is 29.8 Å². The van der Waals surface area contributed by atoms with Crippen LogP contribution < -0.4 is 14.4 Å². The molecule has 35 heavy (non-hydrogen) atoms. The fourth-order valence-corrected chi connectivity index (χ4v) is 5.88. The Morgan fingerprint density at radius 3 is 2.43 bits per heavy atom. The second-order valence-corrected chi connectivity index (χ2v) is 11.0. The molecule has 1 aliphatic rings. The van der Waals surface area contributed by atoms with Crippen molar-refractivity contribution in [2.75, 3.05) is 18.0 Å². The molecule has 0 fully saturated rings. The van der Waals surface area contributed by atoms with Gasteiger partial charge in [0.25, 0.3) is 10.0 Å². The van der Waals surface area contributed by atoms with Gasteiger partial charge in [-0.05, 0) is 98.7 Å². The molecule has 4 rings (SSSR count). The van der Waals surface area contributed by atoms with Gasteiger partial charge in [0, 0.05) is 0 Å². The highest BCUT2D eigenvalue weighted by molar-refractivity contribution is 7.92. The summed E-state index contributed by atoms with van der Waals surface area (Å²) in [6.07, 6.45) is 2.67. The van der Waals surface area contributed by atoms with Crippen molar-refractivity contribution in [3.63, 3.8) is 0 Å². The fourth-order valence-electron chi connectivity index (χ4n) is 4.47. The molecular weight excluding hydrogens is 460 g/mol. The number of amides is 1. The van der Waals surface area contributed by atoms with Crippen LogP contribution in [-0.4, -0.2) is 28.0 Å². The third kappa shape index (κ3) is 5.35. The summed E-state index contributed by atoms with van der Waals surface area (Å²) in [5.74, 6) is 0.452. The number of hydrogen-bond acceptors (Lipinski definition) is 4. The summed E-state index contributed by atoms with van der Waals surface area (Å²) in [6, 6.07) is 17.9. The minimum absolute atomic E-state index is 0.157. The topological polar surface area (TPSA) is 75.7 Å². The monoisotopic (exact) mass is 492 g/mol. The smallest absolute Gasteiger partial charge is 0.264 e. The first-order chi connectivity index (χ1) is 16.7. The lowest BCUT2D eigenvalue weighted by Gasteiger charge is -2.29. The van der Waals surface area contributed by atoms with Gasteiger partial charge in [0.1, 0.15) is 12.3 Å². The second kappa shape index (κ2) is 10.1. The lowest BCUT2D eigenvalue weighted by Crippen LogP contribution is -2.42. The van der Waals surface area contributed by atoms with Crippen molar-refractivity contribution in [2.45, 2.75) is 51.0 Å². The van der Waals surface area contributed by atoms with Gasteiger partial charge < -0.3 is 10.1 Å². The van der Waals surface area contributed by atoms with Crippen LogP contribution in [0.1, 0.15) is 46.7 Å². The van der Waals surface area contributed by atoms with Crippen molar-refractivity contribution >= 4 is 21.6 Å². The maximum Gasteiger partial charge on any atom is 0.264 e. The lowest BCUT2D eigenvalue weighted by atomic mass is 9.87. The molecule has 3 aromatic rings. The van der Waals surface area contributed by atoms with Crippen LogP contribution in [-0.2, 0) is 21.2 Å². The van der Waals surface area contributed by atoms with E-state index in [0.717, 1.165) is 52.8 Å². The predicted molar refractivity (Wildman–Crippen MR) is 138 cm³/mol. The van der Waals surface area contributed by atoms with Gasteiger partial charge in [0.2, 0.25) is 5.91 Å². The maximum atomic E-state index is 13.7. The molecule has 0 heterocycles. The van der Waals surface area contributed by atoms with Crippen LogP contribution in [0.4, 0.5) is 5.69 Å². The Kier molecular flexibility index (Phi) is 7.17. The Morgan fingerprint density at radius 1 is 1.00 bits per heavy atom. The Balaban J connectivity index is 1.63. The molecule has 1 unspecified atom stereocenters. The Labute approximate surface area is 208 Å². The molecule has 184 valence electrons. The number of nitrogens with one attached hydrogen (secondary N) is 1. The molecule has 0 aromatic heterocycles. The summed E-state index contributed by atoms with van der Waals surface area (Å²) < 4.78 is 33.9. The number of methoxy groups -OCH3 is 1. The summed E-state index contributed by atoms with van der Waals surface area (Å²) in [7, 11) is -2.31. The number of rotatable bonds is 7. The number of carbonyl (C=O) groups is 1. The SMILES string of the molecule is COc1ccc2c(c1)CCCC2NC(=O)CN(c1ccc(C)c(C)c1)S(=O)(=O)c1ccc(C)cc1. The number of anilines is 1. The molecule has 0 saturated heterocycles. The van der Waals surface area contributed by atoms with Crippen molar-refractivity contribution < 1.29 is 17.9 Å². The van der Waals surface area contributed by atoms with Crippen LogP contribution in [0.3, 0.4) is 0 Å². The second-order valence-electron chi connectivity index (χ2n) is 9.17. The fraction of sp³-hybridized carbons (Fsp3) is 0.321. The normalized spacial score (nSPS) is 15.3. The summed E-state index contributed by atoms with van der Waals surface area (Å²) in [6.45, 7) is 5.51. The molecule has 0 bridgehead atoms. The van der Waals surface area contributed by atoms with Gasteiger partial charge in [-0.25, -0.2) is 8.42 Å². The van der Waals surface area contributed by atoms with Gasteiger partial charge in [0.05, 0.1) is 23.7 Å². The van der Waals surface area contributed by atoms with Crippen LogP contribution in [0.25, 0.3) is 0 Å². The van der Waals surface area contributed by atoms with E-state index in [1.54, 1.807) is 37.4 Å². The van der Waals surface area contributed by atoms with E-state index in [-0.39, 0.29) is 23.4 Å². The van der Waals surface area contributed by atoms with Crippen LogP contribution in [0, 0.1) is 20.8 Å². The van der Waals surface area contributed by atoms with Crippen LogP contribution in [0.5, 0.6) is 5.75 Å². The third-order valence-corrected chi connectivity index (χ3v) is 8.46. The molecule has 0 saturated carbocycles. The van der Waals surface area contributed by atoms with E-state index in [1.165, 1.54) is 4.31 Å². The Morgan fingerprint density at radius 2 is 1.74 bits per heavy atom. The quantitative estimate of drug-likeness (QED) is 0.503. The molecule has 6 nitrogen and oxygen atoms in total. The third-order valence-electron chi connectivity index (χ3n) is 6.67. The average molecular weight is 493 g/mol. The number of carbonyl (C=O) groups excluding carboxylic acids is 1. The molecule has 1 N–H and O–H groups in total. The summed E-state index contributed by atoms with van der Waals surface area (Å²) in [5.41, 5.74) is 5.66. The minimum atomic E-state index is -3.95. The van der Waals surface area contributed by atoms with Crippen LogP contribution >= 0.6 is 0 Å². The van der Waals surface area contributed by atoms with Crippen molar-refractivity contribution in [2.24, 2.45) is 0 Å². The van der Waals surface area contributed by atoms with Crippen LogP contribution in [0.15, 0.2) is 65.6 Å². The van der Waals surface area contributed by atoms with Crippen molar-refractivity contribution in [3.8, 4) is 5.75 Å². The molecule has 1 atom stereocenters. The van der Waals surface area contributed by atoms with Gasteiger partial charge in [-0.15, -0.1) is 0 Å². The number of aryl methyl sites for hydroxylation is 4. The van der Waals surface area contributed by atoms with E-state index >= 15 is 0 Å². The molecule has 0 spiro atoms. The maximum absolute atomic E-state index is 13.7. The standard InChI is InChI=1S/C28H32N2O4S/c1-19-8-13-25(14-9-19)35(32,33)30(23-11-10-20(2)21(3)16-23)18-28(31)29-27-7-5-6-22-17-24(34-4)12-15-26(22)27/h8-17,27H,5-7,18H2,1-4H3,(H,29,31). The van der Waals surface area contributed by atoms with E-state index in [9.17, 15) is 13.2 Å². The van der Waals surface area contributed by atoms with E-state index in [4.69, 9.17) is 4.74 Å². The van der Waals surface area contributed by atoms with Gasteiger partial charge in [0.15, 0.2) is 0 Å². The predicted octanol–water partition coefficient (Wildman–Crippen LogP) is 5.01. The number of fused-ring (bicyclic) bond motifs is 1. The molecule has 1 aliphatic carbocycles. The van der Waals surface area contributed by atoms with E-state index < -0.39 is 10.0 Å². The van der Waals surface area contributed by atoms with Crippen molar-refractivity contribution in [3.05, 3.63) is 88.5 Å². The van der Waals surface area contributed by atoms with Crippen LogP contribution in [0.2, 0.25) is 0 Å². The first-order valence-corrected chi connectivity index (χ1v) is 13.3. The largest absolute Gasteiger partial charge is 0.497 e. The number of nitrogens with zero attached hydrogens (tertiary/aromatic N) is 1. The van der Waals surface area contributed by atoms with Crippen molar-refractivity contribution in [1.29, 1.82) is 0 Å². The van der Waals surface area contributed by atoms with Gasteiger partial charge >= 0.3 is 0 Å². The summed E-state index contributed by atoms with van der Waals surface area (Å²) in [4.78, 5) is 13.4. The van der Waals surface area contributed by atoms with Gasteiger partial charge in [-0.2, -0.15) is 0 Å². The molecule has 0 radical (unpaired) electrons. The molecule has 3 aromatic carbocycles. The zero-order valence-corrected chi connectivity index (χ0v) is 21.5. The van der Waals surface area contributed by atoms with E-state index in [2.05, 4.69) is 5.32 Å². The van der Waals surface area contributed by atoms with Gasteiger partial charge in [-0.3, -0.25) is 9.10 Å². The molecule has 7 heteroatoms. The zero-order chi connectivity index (χ0) is 25.2. The number of benzene rings is 3. The highest BCUT2D eigenvalue weighted by Gasteiger charge is 2.29. The van der Waals surface area contributed by atoms with E-state index in [0.29, 0.717) is 5.69 Å². The highest BCUT2D eigenvalue weighted by Crippen LogP contribution is 2.32. The summed E-state index contributed by atoms with van der Waals surface area (Å²) >= 11 is 0. The van der Waals surface area contributed by atoms with Crippen molar-refractivity contribution in [1.82, 2.24) is 5.32 Å². The number of sulfonamides is 1. The minimum Gasteiger partial charge on any atom is -0.497 e. The highest BCUT2D eigenvalue weighted by atomic mass is 32.2. The molecule has 0 aliphatic heterocycles. The zero-order valence-electron chi connectivity index (χ0n) is 20.7. The number of ether oxygens (including phenoxy) is 1. The first-order valence-electron chi connectivity index (χ1n) is 11.8. The number of hydrogen-bond donors (Lipinski definition) is 1. The Bertz CT molecular complexity index is 1330.